The summed E-state index contributed by atoms with van der Waals surface area (Å²) in [6.45, 7) is 1.78. The first-order valence-corrected chi connectivity index (χ1v) is 7.22. The van der Waals surface area contributed by atoms with Crippen LogP contribution in [-0.2, 0) is 11.2 Å². The first-order chi connectivity index (χ1) is 10.1. The highest BCUT2D eigenvalue weighted by Crippen LogP contribution is 2.35. The Labute approximate surface area is 122 Å². The number of rotatable bonds is 3. The molecule has 1 atom stereocenters. The Morgan fingerprint density at radius 1 is 1.33 bits per heavy atom. The number of nitrogens with one attached hydrogen (secondary N) is 3. The lowest BCUT2D eigenvalue weighted by molar-refractivity contribution is -0.384. The van der Waals surface area contributed by atoms with Gasteiger partial charge in [0.2, 0.25) is 5.91 Å². The van der Waals surface area contributed by atoms with Gasteiger partial charge in [0, 0.05) is 24.3 Å². The van der Waals surface area contributed by atoms with Gasteiger partial charge in [-0.2, -0.15) is 0 Å². The van der Waals surface area contributed by atoms with E-state index in [1.54, 1.807) is 6.07 Å². The number of hydrogen-bond acceptors (Lipinski definition) is 5. The van der Waals surface area contributed by atoms with E-state index in [9.17, 15) is 14.9 Å². The molecule has 0 radical (unpaired) electrons. The van der Waals surface area contributed by atoms with Crippen LogP contribution >= 0.6 is 0 Å². The summed E-state index contributed by atoms with van der Waals surface area (Å²) in [5.74, 6) is -0.118. The molecule has 1 unspecified atom stereocenters. The van der Waals surface area contributed by atoms with Crippen molar-refractivity contribution < 1.29 is 9.72 Å². The lowest BCUT2D eigenvalue weighted by Crippen LogP contribution is -2.31. The minimum absolute atomic E-state index is 0.0366. The summed E-state index contributed by atoms with van der Waals surface area (Å²) in [5, 5.41) is 20.6. The lowest BCUT2D eigenvalue weighted by atomic mass is 10.1. The third-order valence-corrected chi connectivity index (χ3v) is 3.95. The normalized spacial score (nSPS) is 21.3. The van der Waals surface area contributed by atoms with Crippen molar-refractivity contribution in [3.05, 3.63) is 27.8 Å². The van der Waals surface area contributed by atoms with E-state index in [1.165, 1.54) is 6.07 Å². The maximum absolute atomic E-state index is 11.4. The van der Waals surface area contributed by atoms with Crippen LogP contribution in [0.1, 0.15) is 24.8 Å². The van der Waals surface area contributed by atoms with E-state index in [4.69, 9.17) is 0 Å². The molecular weight excluding hydrogens is 272 g/mol. The van der Waals surface area contributed by atoms with Gasteiger partial charge >= 0.3 is 0 Å². The van der Waals surface area contributed by atoms with Crippen molar-refractivity contribution >= 4 is 23.0 Å². The molecule has 0 aromatic heterocycles. The number of amides is 1. The average molecular weight is 290 g/mol. The van der Waals surface area contributed by atoms with E-state index in [0.717, 1.165) is 32.4 Å². The van der Waals surface area contributed by atoms with Crippen LogP contribution in [0.25, 0.3) is 0 Å². The number of hydrogen-bond donors (Lipinski definition) is 3. The Morgan fingerprint density at radius 2 is 2.19 bits per heavy atom. The predicted octanol–water partition coefficient (Wildman–Crippen LogP) is 1.64. The predicted molar refractivity (Wildman–Crippen MR) is 79.6 cm³/mol. The monoisotopic (exact) mass is 290 g/mol. The lowest BCUT2D eigenvalue weighted by Gasteiger charge is -2.18. The fourth-order valence-electron chi connectivity index (χ4n) is 2.89. The SMILES string of the molecule is O=C1Cc2cc([N+](=O)[O-])c(NC3CCCCNC3)cc2N1. The van der Waals surface area contributed by atoms with Crippen LogP contribution < -0.4 is 16.0 Å². The van der Waals surface area contributed by atoms with E-state index in [1.807, 2.05) is 0 Å². The Morgan fingerprint density at radius 3 is 3.00 bits per heavy atom. The third-order valence-electron chi connectivity index (χ3n) is 3.95. The molecule has 1 aromatic rings. The molecule has 7 nitrogen and oxygen atoms in total. The molecule has 112 valence electrons. The van der Waals surface area contributed by atoms with Gasteiger partial charge in [0.25, 0.3) is 5.69 Å². The van der Waals surface area contributed by atoms with Crippen LogP contribution in [-0.4, -0.2) is 30.0 Å². The van der Waals surface area contributed by atoms with Gasteiger partial charge in [0.05, 0.1) is 11.3 Å². The Balaban J connectivity index is 1.87. The van der Waals surface area contributed by atoms with Gasteiger partial charge < -0.3 is 16.0 Å². The Hall–Kier alpha value is -2.15. The minimum Gasteiger partial charge on any atom is -0.375 e. The molecule has 0 bridgehead atoms. The number of fused-ring (bicyclic) bond motifs is 1. The van der Waals surface area contributed by atoms with Gasteiger partial charge in [0.1, 0.15) is 5.69 Å². The molecule has 1 fully saturated rings. The second-order valence-electron chi connectivity index (χ2n) is 5.55. The number of carbonyl (C=O) groups excluding carboxylic acids is 1. The van der Waals surface area contributed by atoms with Crippen molar-refractivity contribution in [3.8, 4) is 0 Å². The first kappa shape index (κ1) is 13.8. The summed E-state index contributed by atoms with van der Waals surface area (Å²) in [7, 11) is 0. The fraction of sp³-hybridized carbons (Fsp3) is 0.500. The molecule has 2 aliphatic rings. The largest absolute Gasteiger partial charge is 0.375 e. The molecular formula is C14H18N4O3. The minimum atomic E-state index is -0.393. The molecule has 1 amide bonds. The van der Waals surface area contributed by atoms with E-state index >= 15 is 0 Å². The molecule has 1 aromatic carbocycles. The summed E-state index contributed by atoms with van der Waals surface area (Å²) in [5.41, 5.74) is 1.88. The van der Waals surface area contributed by atoms with Crippen LogP contribution in [0.4, 0.5) is 17.1 Å². The van der Waals surface area contributed by atoms with Gasteiger partial charge in [-0.3, -0.25) is 14.9 Å². The number of benzene rings is 1. The highest BCUT2D eigenvalue weighted by atomic mass is 16.6. The molecule has 2 heterocycles. The number of nitrogens with zero attached hydrogens (tertiary/aromatic N) is 1. The number of nitro benzene ring substituents is 1. The van der Waals surface area contributed by atoms with Crippen molar-refractivity contribution in [1.82, 2.24) is 5.32 Å². The first-order valence-electron chi connectivity index (χ1n) is 7.22. The highest BCUT2D eigenvalue weighted by Gasteiger charge is 2.25. The molecule has 1 saturated heterocycles. The molecule has 0 aliphatic carbocycles. The summed E-state index contributed by atoms with van der Waals surface area (Å²) < 4.78 is 0. The maximum atomic E-state index is 11.4. The summed E-state index contributed by atoms with van der Waals surface area (Å²) in [6.07, 6.45) is 3.41. The second-order valence-corrected chi connectivity index (χ2v) is 5.55. The van der Waals surface area contributed by atoms with Crippen molar-refractivity contribution in [3.63, 3.8) is 0 Å². The zero-order valence-electron chi connectivity index (χ0n) is 11.6. The van der Waals surface area contributed by atoms with E-state index in [0.29, 0.717) is 16.9 Å². The molecule has 0 spiro atoms. The molecule has 21 heavy (non-hydrogen) atoms. The van der Waals surface area contributed by atoms with Crippen LogP contribution in [0.15, 0.2) is 12.1 Å². The zero-order chi connectivity index (χ0) is 14.8. The van der Waals surface area contributed by atoms with Crippen LogP contribution in [0.5, 0.6) is 0 Å². The van der Waals surface area contributed by atoms with Crippen LogP contribution in [0.2, 0.25) is 0 Å². The molecule has 2 aliphatic heterocycles. The average Bonchev–Trinajstić information content (AvgIpc) is 2.62. The summed E-state index contributed by atoms with van der Waals surface area (Å²) in [6, 6.07) is 3.35. The van der Waals surface area contributed by atoms with Crippen molar-refractivity contribution in [1.29, 1.82) is 0 Å². The molecule has 3 N–H and O–H groups in total. The van der Waals surface area contributed by atoms with Crippen molar-refractivity contribution in [2.24, 2.45) is 0 Å². The zero-order valence-corrected chi connectivity index (χ0v) is 11.6. The molecule has 0 saturated carbocycles. The topological polar surface area (TPSA) is 96.3 Å². The Kier molecular flexibility index (Phi) is 3.74. The van der Waals surface area contributed by atoms with Gasteiger partial charge in [0.15, 0.2) is 0 Å². The van der Waals surface area contributed by atoms with Crippen LogP contribution in [0.3, 0.4) is 0 Å². The summed E-state index contributed by atoms with van der Waals surface area (Å²) >= 11 is 0. The van der Waals surface area contributed by atoms with Crippen LogP contribution in [0, 0.1) is 10.1 Å². The van der Waals surface area contributed by atoms with Gasteiger partial charge in [-0.1, -0.05) is 6.42 Å². The number of nitro groups is 1. The second kappa shape index (κ2) is 5.69. The maximum Gasteiger partial charge on any atom is 0.292 e. The number of carbonyl (C=O) groups is 1. The number of anilines is 2. The summed E-state index contributed by atoms with van der Waals surface area (Å²) in [4.78, 5) is 22.3. The van der Waals surface area contributed by atoms with E-state index < -0.39 is 4.92 Å². The third kappa shape index (κ3) is 2.97. The van der Waals surface area contributed by atoms with Gasteiger partial charge in [-0.15, -0.1) is 0 Å². The van der Waals surface area contributed by atoms with E-state index in [2.05, 4.69) is 16.0 Å². The fourth-order valence-corrected chi connectivity index (χ4v) is 2.89. The van der Waals surface area contributed by atoms with E-state index in [-0.39, 0.29) is 24.1 Å². The standard InChI is InChI=1S/C14H18N4O3/c19-14-6-9-5-13(18(20)21)12(7-11(9)17-14)16-10-3-1-2-4-15-8-10/h5,7,10,15-16H,1-4,6,8H2,(H,17,19). The van der Waals surface area contributed by atoms with Gasteiger partial charge in [-0.25, -0.2) is 0 Å². The van der Waals surface area contributed by atoms with Crippen molar-refractivity contribution in [2.75, 3.05) is 23.7 Å². The Bertz CT molecular complexity index is 580. The molecule has 7 heteroatoms. The quantitative estimate of drug-likeness (QED) is 0.581. The highest BCUT2D eigenvalue weighted by molar-refractivity contribution is 6.00. The van der Waals surface area contributed by atoms with Gasteiger partial charge in [-0.05, 0) is 31.0 Å². The smallest absolute Gasteiger partial charge is 0.292 e. The molecule has 3 rings (SSSR count). The van der Waals surface area contributed by atoms with Crippen molar-refractivity contribution in [2.45, 2.75) is 31.7 Å².